The maximum Gasteiger partial charge on any atom is 0.266 e. The zero-order chi connectivity index (χ0) is 21.1. The average molecular weight is 417 g/mol. The number of ether oxygens (including phenoxy) is 2. The highest BCUT2D eigenvalue weighted by molar-refractivity contribution is 5.81. The SMILES string of the molecule is Nc1ncnc2c1ncn2[C@]1(C2OC[C@@H](O)[C@@H](O)[C@@]2(O)F)O[C@H](CO)[C@@H](O)[C@H]1O. The Morgan fingerprint density at radius 3 is 2.59 bits per heavy atom. The lowest BCUT2D eigenvalue weighted by molar-refractivity contribution is -0.357. The van der Waals surface area contributed by atoms with Gasteiger partial charge in [0.2, 0.25) is 5.72 Å². The molecule has 0 spiro atoms. The zero-order valence-electron chi connectivity index (χ0n) is 14.8. The molecule has 8 N–H and O–H groups in total. The van der Waals surface area contributed by atoms with Crippen LogP contribution in [0.3, 0.4) is 0 Å². The molecule has 0 amide bonds. The number of hydrogen-bond acceptors (Lipinski definition) is 12. The molecular weight excluding hydrogens is 397 g/mol. The summed E-state index contributed by atoms with van der Waals surface area (Å²) in [4.78, 5) is 11.8. The number of nitrogens with zero attached hydrogens (tertiary/aromatic N) is 4. The summed E-state index contributed by atoms with van der Waals surface area (Å²) in [6.07, 6.45) is -9.30. The van der Waals surface area contributed by atoms with Gasteiger partial charge in [-0.2, -0.15) is 0 Å². The smallest absolute Gasteiger partial charge is 0.266 e. The Labute approximate surface area is 161 Å². The van der Waals surface area contributed by atoms with E-state index in [0.29, 0.717) is 0 Å². The van der Waals surface area contributed by atoms with Gasteiger partial charge >= 0.3 is 0 Å². The van der Waals surface area contributed by atoms with E-state index in [4.69, 9.17) is 15.2 Å². The molecule has 1 unspecified atom stereocenters. The summed E-state index contributed by atoms with van der Waals surface area (Å²) < 4.78 is 27.1. The number of imidazole rings is 1. The predicted octanol–water partition coefficient (Wildman–Crippen LogP) is -4.05. The van der Waals surface area contributed by atoms with Crippen molar-refractivity contribution in [2.45, 2.75) is 48.2 Å². The highest BCUT2D eigenvalue weighted by Crippen LogP contribution is 2.47. The summed E-state index contributed by atoms with van der Waals surface area (Å²) >= 11 is 0. The molecule has 0 saturated carbocycles. The summed E-state index contributed by atoms with van der Waals surface area (Å²) in [5, 5.41) is 60.7. The molecule has 2 aromatic heterocycles. The predicted molar refractivity (Wildman–Crippen MR) is 89.5 cm³/mol. The van der Waals surface area contributed by atoms with Gasteiger partial charge in [-0.1, -0.05) is 0 Å². The first-order chi connectivity index (χ1) is 13.7. The third kappa shape index (κ3) is 2.65. The van der Waals surface area contributed by atoms with Gasteiger partial charge in [0.25, 0.3) is 5.85 Å². The molecule has 2 saturated heterocycles. The van der Waals surface area contributed by atoms with Crippen molar-refractivity contribution in [1.82, 2.24) is 19.5 Å². The van der Waals surface area contributed by atoms with Crippen molar-refractivity contribution in [3.63, 3.8) is 0 Å². The van der Waals surface area contributed by atoms with Crippen molar-refractivity contribution in [3.05, 3.63) is 12.7 Å². The summed E-state index contributed by atoms with van der Waals surface area (Å²) in [5.74, 6) is -3.69. The van der Waals surface area contributed by atoms with E-state index in [1.54, 1.807) is 0 Å². The number of aromatic nitrogens is 4. The number of nitrogen functional groups attached to an aromatic ring is 1. The van der Waals surface area contributed by atoms with Gasteiger partial charge in [-0.15, -0.1) is 0 Å². The van der Waals surface area contributed by atoms with Crippen molar-refractivity contribution in [2.24, 2.45) is 0 Å². The molecule has 4 rings (SSSR count). The van der Waals surface area contributed by atoms with Crippen molar-refractivity contribution in [2.75, 3.05) is 18.9 Å². The minimum absolute atomic E-state index is 0.0448. The first-order valence-electron chi connectivity index (χ1n) is 8.64. The highest BCUT2D eigenvalue weighted by Gasteiger charge is 2.69. The third-order valence-corrected chi connectivity index (χ3v) is 5.34. The fourth-order valence-corrected chi connectivity index (χ4v) is 3.86. The molecule has 160 valence electrons. The van der Waals surface area contributed by atoms with E-state index in [2.05, 4.69) is 15.0 Å². The Kier molecular flexibility index (Phi) is 4.71. The van der Waals surface area contributed by atoms with E-state index < -0.39 is 61.4 Å². The number of halogens is 1. The molecule has 0 aromatic carbocycles. The van der Waals surface area contributed by atoms with Crippen LogP contribution in [0.5, 0.6) is 0 Å². The number of rotatable bonds is 3. The second-order valence-corrected chi connectivity index (χ2v) is 7.03. The van der Waals surface area contributed by atoms with Crippen molar-refractivity contribution in [1.29, 1.82) is 0 Å². The molecule has 2 aliphatic heterocycles. The van der Waals surface area contributed by atoms with Crippen LogP contribution in [0.25, 0.3) is 11.2 Å². The van der Waals surface area contributed by atoms with Gasteiger partial charge < -0.3 is 45.8 Å². The molecule has 0 bridgehead atoms. The van der Waals surface area contributed by atoms with Crippen LogP contribution < -0.4 is 5.73 Å². The Morgan fingerprint density at radius 2 is 1.93 bits per heavy atom. The molecule has 0 radical (unpaired) electrons. The van der Waals surface area contributed by atoms with Gasteiger partial charge in [-0.05, 0) is 0 Å². The van der Waals surface area contributed by atoms with Crippen LogP contribution >= 0.6 is 0 Å². The fourth-order valence-electron chi connectivity index (χ4n) is 3.86. The van der Waals surface area contributed by atoms with E-state index >= 15 is 4.39 Å². The maximum absolute atomic E-state index is 15.3. The van der Waals surface area contributed by atoms with E-state index in [1.807, 2.05) is 0 Å². The van der Waals surface area contributed by atoms with Gasteiger partial charge in [0.15, 0.2) is 17.6 Å². The van der Waals surface area contributed by atoms with Crippen molar-refractivity contribution < 1.29 is 44.5 Å². The number of fused-ring (bicyclic) bond motifs is 1. The number of alkyl halides is 1. The third-order valence-electron chi connectivity index (χ3n) is 5.34. The first kappa shape index (κ1) is 20.2. The van der Waals surface area contributed by atoms with Crippen LogP contribution in [-0.4, -0.2) is 106 Å². The molecule has 8 atom stereocenters. The second kappa shape index (κ2) is 6.75. The Bertz CT molecular complexity index is 914. The van der Waals surface area contributed by atoms with Crippen LogP contribution in [0.4, 0.5) is 10.2 Å². The molecular formula is C15H20FN5O8. The van der Waals surface area contributed by atoms with Crippen molar-refractivity contribution >= 4 is 17.0 Å². The topological polar surface area (TPSA) is 209 Å². The summed E-state index contributed by atoms with van der Waals surface area (Å²) in [6, 6.07) is 0. The minimum Gasteiger partial charge on any atom is -0.394 e. The molecule has 0 aliphatic carbocycles. The lowest BCUT2D eigenvalue weighted by Gasteiger charge is -2.48. The number of aliphatic hydroxyl groups excluding tert-OH is 5. The van der Waals surface area contributed by atoms with Gasteiger partial charge in [-0.3, -0.25) is 4.57 Å². The lowest BCUT2D eigenvalue weighted by Crippen LogP contribution is -2.70. The van der Waals surface area contributed by atoms with E-state index in [1.165, 1.54) is 0 Å². The lowest BCUT2D eigenvalue weighted by atomic mass is 9.86. The van der Waals surface area contributed by atoms with E-state index in [-0.39, 0.29) is 17.0 Å². The second-order valence-electron chi connectivity index (χ2n) is 7.03. The Hall–Kier alpha value is -2.04. The molecule has 4 heterocycles. The Balaban J connectivity index is 1.95. The number of anilines is 1. The van der Waals surface area contributed by atoms with E-state index in [9.17, 15) is 30.6 Å². The van der Waals surface area contributed by atoms with Gasteiger partial charge in [0, 0.05) is 0 Å². The first-order valence-corrected chi connectivity index (χ1v) is 8.64. The van der Waals surface area contributed by atoms with Crippen LogP contribution in [0.2, 0.25) is 0 Å². The highest BCUT2D eigenvalue weighted by atomic mass is 19.2. The summed E-state index contributed by atoms with van der Waals surface area (Å²) in [7, 11) is 0. The van der Waals surface area contributed by atoms with E-state index in [0.717, 1.165) is 17.2 Å². The molecule has 14 heteroatoms. The molecule has 2 fully saturated rings. The summed E-state index contributed by atoms with van der Waals surface area (Å²) in [5.41, 5.74) is 3.28. The number of nitrogens with two attached hydrogens (primary N) is 1. The number of hydrogen-bond donors (Lipinski definition) is 7. The largest absolute Gasteiger partial charge is 0.394 e. The molecule has 2 aliphatic rings. The van der Waals surface area contributed by atoms with Gasteiger partial charge in [0.05, 0.1) is 19.5 Å². The maximum atomic E-state index is 15.3. The summed E-state index contributed by atoms with van der Waals surface area (Å²) in [6.45, 7) is -1.40. The van der Waals surface area contributed by atoms with Gasteiger partial charge in [0.1, 0.15) is 42.4 Å². The standard InChI is InChI=1S/C15H20FN5O8/c16-14(27)9(25)5(23)2-28-13(14)15(10(26)8(24)6(1-22)29-15)21-4-20-7-11(17)18-3-19-12(7)21/h3-6,8-10,13,22-27H,1-2H2,(H2,17,18,19)/t5-,6-,8-,9-,10-,13?,14+,15+/m1/s1. The number of aliphatic hydroxyl groups is 6. The molecule has 2 aromatic rings. The average Bonchev–Trinajstić information content (AvgIpc) is 3.22. The minimum atomic E-state index is -3.64. The van der Waals surface area contributed by atoms with Crippen LogP contribution in [0, 0.1) is 0 Å². The van der Waals surface area contributed by atoms with Crippen LogP contribution in [0.15, 0.2) is 12.7 Å². The normalized spacial score (nSPS) is 43.1. The molecule has 29 heavy (non-hydrogen) atoms. The van der Waals surface area contributed by atoms with Crippen LogP contribution in [0.1, 0.15) is 0 Å². The van der Waals surface area contributed by atoms with Crippen LogP contribution in [-0.2, 0) is 15.2 Å². The quantitative estimate of drug-likeness (QED) is 0.254. The van der Waals surface area contributed by atoms with Crippen molar-refractivity contribution in [3.8, 4) is 0 Å². The van der Waals surface area contributed by atoms with Gasteiger partial charge in [-0.25, -0.2) is 19.3 Å². The fraction of sp³-hybridized carbons (Fsp3) is 0.667. The zero-order valence-corrected chi connectivity index (χ0v) is 14.8. The monoisotopic (exact) mass is 417 g/mol. The molecule has 13 nitrogen and oxygen atoms in total. The Morgan fingerprint density at radius 1 is 1.21 bits per heavy atom.